The minimum atomic E-state index is -0.788. The number of aromatic nitrogens is 2. The predicted octanol–water partition coefficient (Wildman–Crippen LogP) is 0.802. The van der Waals surface area contributed by atoms with Crippen molar-refractivity contribution in [1.29, 1.82) is 0 Å². The summed E-state index contributed by atoms with van der Waals surface area (Å²) in [6, 6.07) is -0.255. The zero-order valence-electron chi connectivity index (χ0n) is 11.5. The molecule has 3 N–H and O–H groups in total. The summed E-state index contributed by atoms with van der Waals surface area (Å²) in [5.41, 5.74) is 0. The average Bonchev–Trinajstić information content (AvgIpc) is 2.89. The molecular formula is C12H20N4O4. The maximum atomic E-state index is 11.4. The number of nitrogens with zero attached hydrogens (tertiary/aromatic N) is 2. The molecule has 112 valence electrons. The van der Waals surface area contributed by atoms with Gasteiger partial charge in [-0.2, -0.15) is 4.98 Å². The number of carbonyl (C=O) groups is 2. The van der Waals surface area contributed by atoms with Crippen LogP contribution in [-0.4, -0.2) is 40.3 Å². The number of hydrogen-bond acceptors (Lipinski definition) is 5. The highest BCUT2D eigenvalue weighted by atomic mass is 16.5. The number of hydrogen-bond donors (Lipinski definition) is 3. The fourth-order valence-corrected chi connectivity index (χ4v) is 1.60. The summed E-state index contributed by atoms with van der Waals surface area (Å²) in [5.74, 6) is -0.0408. The molecule has 1 heterocycles. The second kappa shape index (κ2) is 8.89. The molecule has 8 heteroatoms. The van der Waals surface area contributed by atoms with E-state index in [1.807, 2.05) is 6.92 Å². The topological polar surface area (TPSA) is 117 Å². The summed E-state index contributed by atoms with van der Waals surface area (Å²) in [6.45, 7) is 2.91. The lowest BCUT2D eigenvalue weighted by Crippen LogP contribution is -2.37. The van der Waals surface area contributed by atoms with Crippen molar-refractivity contribution >= 4 is 12.0 Å². The van der Waals surface area contributed by atoms with Crippen molar-refractivity contribution in [2.75, 3.05) is 13.1 Å². The van der Waals surface area contributed by atoms with Gasteiger partial charge in [0.2, 0.25) is 5.89 Å². The van der Waals surface area contributed by atoms with Crippen LogP contribution < -0.4 is 10.6 Å². The molecule has 0 aliphatic heterocycles. The monoisotopic (exact) mass is 284 g/mol. The fraction of sp³-hybridized carbons (Fsp3) is 0.667. The molecule has 1 atom stereocenters. The van der Waals surface area contributed by atoms with Gasteiger partial charge >= 0.3 is 12.0 Å². The molecular weight excluding hydrogens is 264 g/mol. The van der Waals surface area contributed by atoms with Crippen molar-refractivity contribution in [2.45, 2.75) is 32.6 Å². The summed E-state index contributed by atoms with van der Waals surface area (Å²) in [6.07, 6.45) is 3.34. The van der Waals surface area contributed by atoms with Crippen LogP contribution in [0.4, 0.5) is 4.79 Å². The molecule has 0 saturated carbocycles. The SMILES string of the molecule is CC(CCNC(=O)NCCc1ncno1)CCC(=O)O. The van der Waals surface area contributed by atoms with E-state index >= 15 is 0 Å². The molecule has 0 aliphatic rings. The Morgan fingerprint density at radius 1 is 1.35 bits per heavy atom. The van der Waals surface area contributed by atoms with Gasteiger partial charge in [-0.3, -0.25) is 4.79 Å². The first-order valence-corrected chi connectivity index (χ1v) is 6.57. The Hall–Kier alpha value is -2.12. The third kappa shape index (κ3) is 7.34. The van der Waals surface area contributed by atoms with E-state index in [9.17, 15) is 9.59 Å². The Labute approximate surface area is 116 Å². The van der Waals surface area contributed by atoms with Gasteiger partial charge in [0.25, 0.3) is 0 Å². The Balaban J connectivity index is 2.00. The molecule has 0 radical (unpaired) electrons. The Morgan fingerprint density at radius 3 is 2.75 bits per heavy atom. The lowest BCUT2D eigenvalue weighted by Gasteiger charge is -2.11. The lowest BCUT2D eigenvalue weighted by molar-refractivity contribution is -0.137. The van der Waals surface area contributed by atoms with Gasteiger partial charge in [-0.15, -0.1) is 0 Å². The molecule has 2 amide bonds. The van der Waals surface area contributed by atoms with Crippen molar-refractivity contribution in [3.63, 3.8) is 0 Å². The minimum absolute atomic E-state index is 0.164. The average molecular weight is 284 g/mol. The summed E-state index contributed by atoms with van der Waals surface area (Å²) < 4.78 is 4.79. The van der Waals surface area contributed by atoms with E-state index in [4.69, 9.17) is 9.63 Å². The number of aliphatic carboxylic acids is 1. The van der Waals surface area contributed by atoms with E-state index in [2.05, 4.69) is 20.8 Å². The van der Waals surface area contributed by atoms with Crippen molar-refractivity contribution in [2.24, 2.45) is 5.92 Å². The second-order valence-corrected chi connectivity index (χ2v) is 4.59. The molecule has 8 nitrogen and oxygen atoms in total. The molecule has 1 unspecified atom stereocenters. The van der Waals surface area contributed by atoms with Crippen molar-refractivity contribution in [3.8, 4) is 0 Å². The van der Waals surface area contributed by atoms with E-state index in [1.165, 1.54) is 6.33 Å². The summed E-state index contributed by atoms with van der Waals surface area (Å²) in [4.78, 5) is 25.7. The first kappa shape index (κ1) is 15.9. The molecule has 1 rings (SSSR count). The van der Waals surface area contributed by atoms with E-state index in [0.29, 0.717) is 31.8 Å². The van der Waals surface area contributed by atoms with E-state index in [1.54, 1.807) is 0 Å². The quantitative estimate of drug-likeness (QED) is 0.617. The highest BCUT2D eigenvalue weighted by molar-refractivity contribution is 5.73. The van der Waals surface area contributed by atoms with Crippen LogP contribution in [0.15, 0.2) is 10.9 Å². The third-order valence-corrected chi connectivity index (χ3v) is 2.81. The number of rotatable bonds is 9. The maximum absolute atomic E-state index is 11.4. The van der Waals surface area contributed by atoms with E-state index in [0.717, 1.165) is 6.42 Å². The van der Waals surface area contributed by atoms with Gasteiger partial charge in [0, 0.05) is 25.9 Å². The van der Waals surface area contributed by atoms with Crippen LogP contribution in [0, 0.1) is 5.92 Å². The Morgan fingerprint density at radius 2 is 2.10 bits per heavy atom. The number of carbonyl (C=O) groups excluding carboxylic acids is 1. The predicted molar refractivity (Wildman–Crippen MR) is 70.1 cm³/mol. The van der Waals surface area contributed by atoms with Crippen molar-refractivity contribution < 1.29 is 19.2 Å². The lowest BCUT2D eigenvalue weighted by atomic mass is 10.0. The van der Waals surface area contributed by atoms with Gasteiger partial charge in [-0.05, 0) is 18.8 Å². The summed E-state index contributed by atoms with van der Waals surface area (Å²) >= 11 is 0. The van der Waals surface area contributed by atoms with Crippen LogP contribution >= 0.6 is 0 Å². The molecule has 0 spiro atoms. The number of nitrogens with one attached hydrogen (secondary N) is 2. The Kier molecular flexibility index (Phi) is 7.08. The second-order valence-electron chi connectivity index (χ2n) is 4.59. The highest BCUT2D eigenvalue weighted by Gasteiger charge is 2.07. The van der Waals surface area contributed by atoms with Gasteiger partial charge < -0.3 is 20.3 Å². The zero-order chi connectivity index (χ0) is 14.8. The highest BCUT2D eigenvalue weighted by Crippen LogP contribution is 2.08. The standard InChI is InChI=1S/C12H20N4O4/c1-9(2-3-11(17)18)4-6-13-12(19)14-7-5-10-15-8-16-20-10/h8-9H,2-7H2,1H3,(H,17,18)(H2,13,14,19). The molecule has 20 heavy (non-hydrogen) atoms. The van der Waals surface area contributed by atoms with Crippen LogP contribution in [0.5, 0.6) is 0 Å². The molecule has 0 bridgehead atoms. The fourth-order valence-electron chi connectivity index (χ4n) is 1.60. The number of urea groups is 1. The first-order valence-electron chi connectivity index (χ1n) is 6.57. The molecule has 1 aromatic rings. The third-order valence-electron chi connectivity index (χ3n) is 2.81. The number of amides is 2. The molecule has 0 saturated heterocycles. The van der Waals surface area contributed by atoms with Crippen molar-refractivity contribution in [3.05, 3.63) is 12.2 Å². The molecule has 0 fully saturated rings. The van der Waals surface area contributed by atoms with Crippen molar-refractivity contribution in [1.82, 2.24) is 20.8 Å². The van der Waals surface area contributed by atoms with Gasteiger partial charge in [0.1, 0.15) is 0 Å². The minimum Gasteiger partial charge on any atom is -0.481 e. The van der Waals surface area contributed by atoms with Crippen LogP contribution in [0.1, 0.15) is 32.1 Å². The van der Waals surface area contributed by atoms with Crippen LogP contribution in [0.2, 0.25) is 0 Å². The normalized spacial score (nSPS) is 11.8. The van der Waals surface area contributed by atoms with Gasteiger partial charge in [-0.1, -0.05) is 12.1 Å². The first-order chi connectivity index (χ1) is 9.58. The smallest absolute Gasteiger partial charge is 0.314 e. The van der Waals surface area contributed by atoms with E-state index in [-0.39, 0.29) is 18.4 Å². The van der Waals surface area contributed by atoms with Gasteiger partial charge in [0.05, 0.1) is 0 Å². The molecule has 0 aromatic carbocycles. The zero-order valence-corrected chi connectivity index (χ0v) is 11.5. The van der Waals surface area contributed by atoms with E-state index < -0.39 is 5.97 Å². The molecule has 0 aliphatic carbocycles. The molecule has 1 aromatic heterocycles. The summed E-state index contributed by atoms with van der Waals surface area (Å²) in [5, 5.41) is 17.4. The van der Waals surface area contributed by atoms with Crippen LogP contribution in [-0.2, 0) is 11.2 Å². The van der Waals surface area contributed by atoms with Gasteiger partial charge in [-0.25, -0.2) is 4.79 Å². The van der Waals surface area contributed by atoms with Crippen LogP contribution in [0.3, 0.4) is 0 Å². The maximum Gasteiger partial charge on any atom is 0.314 e. The van der Waals surface area contributed by atoms with Crippen LogP contribution in [0.25, 0.3) is 0 Å². The summed E-state index contributed by atoms with van der Waals surface area (Å²) in [7, 11) is 0. The number of carboxylic acids is 1. The van der Waals surface area contributed by atoms with Gasteiger partial charge in [0.15, 0.2) is 6.33 Å². The largest absolute Gasteiger partial charge is 0.481 e. The Bertz CT molecular complexity index is 408. The number of carboxylic acid groups (broad SMARTS) is 1.